The highest BCUT2D eigenvalue weighted by Crippen LogP contribution is 2.27. The molecule has 4 nitrogen and oxygen atoms in total. The van der Waals surface area contributed by atoms with Crippen molar-refractivity contribution >= 4 is 23.3 Å². The first-order chi connectivity index (χ1) is 9.49. The molecule has 2 N–H and O–H groups in total. The third-order valence-electron chi connectivity index (χ3n) is 3.71. The number of aliphatic hydroxyl groups excluding tert-OH is 1. The molecule has 0 bridgehead atoms. The molecule has 1 saturated heterocycles. The maximum absolute atomic E-state index is 12.4. The average molecular weight is 297 g/mol. The van der Waals surface area contributed by atoms with E-state index >= 15 is 0 Å². The molecule has 1 fully saturated rings. The van der Waals surface area contributed by atoms with Crippen molar-refractivity contribution < 1.29 is 9.90 Å². The van der Waals surface area contributed by atoms with Gasteiger partial charge in [0.1, 0.15) is 0 Å². The molecule has 0 aromatic heterocycles. The number of para-hydroxylation sites is 1. The Morgan fingerprint density at radius 2 is 2.35 bits per heavy atom. The minimum absolute atomic E-state index is 0.109. The van der Waals surface area contributed by atoms with E-state index in [1.165, 1.54) is 0 Å². The van der Waals surface area contributed by atoms with Crippen molar-refractivity contribution in [2.24, 2.45) is 0 Å². The Morgan fingerprint density at radius 1 is 1.60 bits per heavy atom. The lowest BCUT2D eigenvalue weighted by atomic mass is 10.1. The number of rotatable bonds is 3. The Bertz CT molecular complexity index is 471. The lowest BCUT2D eigenvalue weighted by Gasteiger charge is -2.26. The van der Waals surface area contributed by atoms with Crippen LogP contribution in [-0.2, 0) is 0 Å². The normalized spacial score (nSPS) is 20.0. The maximum Gasteiger partial charge on any atom is 0.322 e. The van der Waals surface area contributed by atoms with Gasteiger partial charge in [0.25, 0.3) is 0 Å². The number of carbonyl (C=O) groups excluding carboxylic acids is 1. The van der Waals surface area contributed by atoms with Crippen LogP contribution in [0.5, 0.6) is 0 Å². The molecule has 20 heavy (non-hydrogen) atoms. The Hall–Kier alpha value is -1.26. The van der Waals surface area contributed by atoms with Crippen molar-refractivity contribution in [2.45, 2.75) is 45.3 Å². The van der Waals surface area contributed by atoms with Gasteiger partial charge in [-0.2, -0.15) is 0 Å². The van der Waals surface area contributed by atoms with Gasteiger partial charge in [0.2, 0.25) is 0 Å². The van der Waals surface area contributed by atoms with E-state index in [2.05, 4.69) is 5.32 Å². The van der Waals surface area contributed by atoms with Gasteiger partial charge in [-0.05, 0) is 44.7 Å². The highest BCUT2D eigenvalue weighted by atomic mass is 35.5. The molecule has 0 saturated carbocycles. The quantitative estimate of drug-likeness (QED) is 0.898. The summed E-state index contributed by atoms with van der Waals surface area (Å²) in [5, 5.41) is 13.0. The zero-order valence-electron chi connectivity index (χ0n) is 11.9. The lowest BCUT2D eigenvalue weighted by molar-refractivity contribution is 0.142. The van der Waals surface area contributed by atoms with Gasteiger partial charge in [-0.3, -0.25) is 0 Å². The molecule has 1 aliphatic rings. The second-order valence-electron chi connectivity index (χ2n) is 5.44. The van der Waals surface area contributed by atoms with E-state index in [1.807, 2.05) is 19.1 Å². The van der Waals surface area contributed by atoms with Crippen LogP contribution in [0.1, 0.15) is 31.7 Å². The number of halogens is 1. The van der Waals surface area contributed by atoms with Crippen LogP contribution in [0.15, 0.2) is 18.2 Å². The SMILES string of the molecule is Cc1cccc(Cl)c1NC(=O)N1CCCC1CC(C)O. The van der Waals surface area contributed by atoms with Crippen LogP contribution in [0, 0.1) is 6.92 Å². The molecule has 0 spiro atoms. The second kappa shape index (κ2) is 6.46. The second-order valence-corrected chi connectivity index (χ2v) is 5.84. The van der Waals surface area contributed by atoms with Gasteiger partial charge in [0.15, 0.2) is 0 Å². The topological polar surface area (TPSA) is 52.6 Å². The molecule has 1 aliphatic heterocycles. The summed E-state index contributed by atoms with van der Waals surface area (Å²) in [6.45, 7) is 4.40. The minimum atomic E-state index is -0.393. The summed E-state index contributed by atoms with van der Waals surface area (Å²) in [5.41, 5.74) is 1.61. The molecule has 2 amide bonds. The Balaban J connectivity index is 2.08. The van der Waals surface area contributed by atoms with E-state index in [9.17, 15) is 9.90 Å². The zero-order chi connectivity index (χ0) is 14.7. The summed E-state index contributed by atoms with van der Waals surface area (Å²) >= 11 is 6.13. The lowest BCUT2D eigenvalue weighted by Crippen LogP contribution is -2.40. The van der Waals surface area contributed by atoms with Crippen LogP contribution < -0.4 is 5.32 Å². The summed E-state index contributed by atoms with van der Waals surface area (Å²) in [5.74, 6) is 0. The number of benzene rings is 1. The first-order valence-electron chi connectivity index (χ1n) is 7.00. The van der Waals surface area contributed by atoms with Gasteiger partial charge in [0.05, 0.1) is 16.8 Å². The van der Waals surface area contributed by atoms with Gasteiger partial charge in [0, 0.05) is 12.6 Å². The summed E-state index contributed by atoms with van der Waals surface area (Å²) in [4.78, 5) is 14.2. The average Bonchev–Trinajstić information content (AvgIpc) is 2.81. The van der Waals surface area contributed by atoms with Crippen molar-refractivity contribution in [1.82, 2.24) is 4.90 Å². The number of urea groups is 1. The molecule has 1 aromatic carbocycles. The first-order valence-corrected chi connectivity index (χ1v) is 7.37. The van der Waals surface area contributed by atoms with E-state index in [0.717, 1.165) is 24.9 Å². The predicted octanol–water partition coefficient (Wildman–Crippen LogP) is 3.42. The van der Waals surface area contributed by atoms with Crippen molar-refractivity contribution in [1.29, 1.82) is 0 Å². The number of hydrogen-bond donors (Lipinski definition) is 2. The van der Waals surface area contributed by atoms with Gasteiger partial charge >= 0.3 is 6.03 Å². The number of aryl methyl sites for hydroxylation is 1. The molecule has 1 aromatic rings. The summed E-state index contributed by atoms with van der Waals surface area (Å²) < 4.78 is 0. The molecular weight excluding hydrogens is 276 g/mol. The van der Waals surface area contributed by atoms with Gasteiger partial charge in [-0.1, -0.05) is 23.7 Å². The third-order valence-corrected chi connectivity index (χ3v) is 4.02. The highest BCUT2D eigenvalue weighted by molar-refractivity contribution is 6.33. The third kappa shape index (κ3) is 3.44. The molecule has 0 radical (unpaired) electrons. The smallest absolute Gasteiger partial charge is 0.322 e. The fourth-order valence-electron chi connectivity index (χ4n) is 2.71. The monoisotopic (exact) mass is 296 g/mol. The Labute approximate surface area is 124 Å². The van der Waals surface area contributed by atoms with Crippen LogP contribution in [0.2, 0.25) is 5.02 Å². The Kier molecular flexibility index (Phi) is 4.89. The molecule has 5 heteroatoms. The fraction of sp³-hybridized carbons (Fsp3) is 0.533. The number of carbonyl (C=O) groups is 1. The number of likely N-dealkylation sites (tertiary alicyclic amines) is 1. The van der Waals surface area contributed by atoms with Crippen molar-refractivity contribution in [3.63, 3.8) is 0 Å². The van der Waals surface area contributed by atoms with Crippen molar-refractivity contribution in [2.75, 3.05) is 11.9 Å². The largest absolute Gasteiger partial charge is 0.393 e. The number of nitrogens with one attached hydrogen (secondary N) is 1. The van der Waals surface area contributed by atoms with Crippen LogP contribution in [-0.4, -0.2) is 34.7 Å². The van der Waals surface area contributed by atoms with E-state index in [0.29, 0.717) is 17.1 Å². The van der Waals surface area contributed by atoms with Crippen LogP contribution >= 0.6 is 11.6 Å². The van der Waals surface area contributed by atoms with Crippen molar-refractivity contribution in [3.05, 3.63) is 28.8 Å². The zero-order valence-corrected chi connectivity index (χ0v) is 12.7. The number of hydrogen-bond acceptors (Lipinski definition) is 2. The highest BCUT2D eigenvalue weighted by Gasteiger charge is 2.29. The molecule has 2 unspecified atom stereocenters. The fourth-order valence-corrected chi connectivity index (χ4v) is 2.98. The van der Waals surface area contributed by atoms with E-state index < -0.39 is 6.10 Å². The number of nitrogens with zero attached hydrogens (tertiary/aromatic N) is 1. The van der Waals surface area contributed by atoms with E-state index in [-0.39, 0.29) is 12.1 Å². The molecular formula is C15H21ClN2O2. The van der Waals surface area contributed by atoms with Gasteiger partial charge < -0.3 is 15.3 Å². The first kappa shape index (κ1) is 15.1. The maximum atomic E-state index is 12.4. The number of aliphatic hydroxyl groups is 1. The van der Waals surface area contributed by atoms with Gasteiger partial charge in [-0.15, -0.1) is 0 Å². The molecule has 2 atom stereocenters. The van der Waals surface area contributed by atoms with Gasteiger partial charge in [-0.25, -0.2) is 4.79 Å². The molecule has 110 valence electrons. The van der Waals surface area contributed by atoms with E-state index in [1.54, 1.807) is 17.9 Å². The Morgan fingerprint density at radius 3 is 3.00 bits per heavy atom. The molecule has 0 aliphatic carbocycles. The van der Waals surface area contributed by atoms with Crippen molar-refractivity contribution in [3.8, 4) is 0 Å². The number of amides is 2. The molecule has 2 rings (SSSR count). The van der Waals surface area contributed by atoms with Crippen LogP contribution in [0.25, 0.3) is 0 Å². The summed E-state index contributed by atoms with van der Waals surface area (Å²) in [6.07, 6.45) is 2.15. The number of anilines is 1. The van der Waals surface area contributed by atoms with Crippen LogP contribution in [0.4, 0.5) is 10.5 Å². The van der Waals surface area contributed by atoms with Crippen LogP contribution in [0.3, 0.4) is 0 Å². The minimum Gasteiger partial charge on any atom is -0.393 e. The van der Waals surface area contributed by atoms with E-state index in [4.69, 9.17) is 11.6 Å². The predicted molar refractivity (Wildman–Crippen MR) is 81.2 cm³/mol. The molecule has 1 heterocycles. The summed E-state index contributed by atoms with van der Waals surface area (Å²) in [7, 11) is 0. The standard InChI is InChI=1S/C15H21ClN2O2/c1-10-5-3-7-13(16)14(10)17-15(20)18-8-4-6-12(18)9-11(2)19/h3,5,7,11-12,19H,4,6,8-9H2,1-2H3,(H,17,20). The summed E-state index contributed by atoms with van der Waals surface area (Å²) in [6, 6.07) is 5.52.